The van der Waals surface area contributed by atoms with Crippen molar-refractivity contribution in [3.05, 3.63) is 38.0 Å². The summed E-state index contributed by atoms with van der Waals surface area (Å²) in [5, 5.41) is 40.0. The molecule has 0 aliphatic carbocycles. The van der Waals surface area contributed by atoms with Crippen LogP contribution in [0.4, 0.5) is 0 Å². The number of carbonyl (C=O) groups is 1. The van der Waals surface area contributed by atoms with Gasteiger partial charge in [0, 0.05) is 12.0 Å². The summed E-state index contributed by atoms with van der Waals surface area (Å²) in [6.45, 7) is 1.73. The Morgan fingerprint density at radius 2 is 1.62 bits per heavy atom. The van der Waals surface area contributed by atoms with E-state index in [4.69, 9.17) is 12.3 Å². The van der Waals surface area contributed by atoms with E-state index in [1.54, 1.807) is 6.92 Å². The molecular weight excluding hydrogens is 471 g/mol. The van der Waals surface area contributed by atoms with E-state index in [0.29, 0.717) is 8.95 Å². The van der Waals surface area contributed by atoms with Gasteiger partial charge in [-0.15, -0.1) is 0 Å². The van der Waals surface area contributed by atoms with Crippen LogP contribution in [0.3, 0.4) is 0 Å². The molecule has 2 radical (unpaired) electrons. The number of benzene rings is 2. The van der Waals surface area contributed by atoms with Crippen molar-refractivity contribution in [2.45, 2.75) is 13.3 Å². The fraction of sp³-hybridized carbons (Fsp3) is 0.118. The van der Waals surface area contributed by atoms with Gasteiger partial charge in [0.2, 0.25) is 0 Å². The number of furan rings is 1. The maximum atomic E-state index is 13.1. The SMILES string of the molecule is [B]c1c(O)c(O)c2c(C(=O)c3cc(Br)c(O)c(Br)c3)c(CC)oc2c1O. The fourth-order valence-corrected chi connectivity index (χ4v) is 3.87. The van der Waals surface area contributed by atoms with E-state index in [2.05, 4.69) is 31.9 Å². The smallest absolute Gasteiger partial charge is 0.197 e. The van der Waals surface area contributed by atoms with Crippen LogP contribution in [0.2, 0.25) is 0 Å². The molecule has 2 aromatic carbocycles. The highest BCUT2D eigenvalue weighted by atomic mass is 79.9. The minimum atomic E-state index is -0.736. The Bertz CT molecular complexity index is 1050. The van der Waals surface area contributed by atoms with E-state index in [0.717, 1.165) is 0 Å². The number of phenols is 4. The molecule has 1 aromatic heterocycles. The molecule has 9 heteroatoms. The third-order valence-corrected chi connectivity index (χ3v) is 5.20. The van der Waals surface area contributed by atoms with Crippen LogP contribution in [-0.2, 0) is 6.42 Å². The zero-order chi connectivity index (χ0) is 19.3. The first-order valence-electron chi connectivity index (χ1n) is 7.39. The first-order chi connectivity index (χ1) is 12.2. The lowest BCUT2D eigenvalue weighted by Crippen LogP contribution is -2.06. The standard InChI is InChI=1S/C17H11BBr2O6/c1-2-8-9(12(21)5-3-6(19)13(22)7(20)4-5)10-14(23)15(24)11(18)16(25)17(10)26-8/h3-4,22-25H,2H2,1H3. The zero-order valence-electron chi connectivity index (χ0n) is 13.3. The van der Waals surface area contributed by atoms with Crippen molar-refractivity contribution in [1.82, 2.24) is 0 Å². The molecule has 0 aliphatic heterocycles. The van der Waals surface area contributed by atoms with Crippen LogP contribution in [0.1, 0.15) is 28.6 Å². The number of rotatable bonds is 3. The quantitative estimate of drug-likeness (QED) is 0.197. The van der Waals surface area contributed by atoms with Gasteiger partial charge in [0.1, 0.15) is 19.4 Å². The van der Waals surface area contributed by atoms with E-state index in [1.165, 1.54) is 12.1 Å². The first-order valence-corrected chi connectivity index (χ1v) is 8.97. The Hall–Kier alpha value is -2.13. The summed E-state index contributed by atoms with van der Waals surface area (Å²) in [4.78, 5) is 13.1. The number of fused-ring (bicyclic) bond motifs is 1. The monoisotopic (exact) mass is 480 g/mol. The van der Waals surface area contributed by atoms with Gasteiger partial charge in [-0.05, 0) is 49.5 Å². The van der Waals surface area contributed by atoms with Gasteiger partial charge >= 0.3 is 0 Å². The molecule has 3 rings (SSSR count). The summed E-state index contributed by atoms with van der Waals surface area (Å²) in [6, 6.07) is 2.82. The van der Waals surface area contributed by atoms with Gasteiger partial charge < -0.3 is 24.8 Å². The molecule has 0 saturated carbocycles. The van der Waals surface area contributed by atoms with Gasteiger partial charge in [-0.2, -0.15) is 0 Å². The average molecular weight is 482 g/mol. The molecule has 4 N–H and O–H groups in total. The molecule has 0 unspecified atom stereocenters. The number of carbonyl (C=O) groups excluding carboxylic acids is 1. The highest BCUT2D eigenvalue weighted by Crippen LogP contribution is 2.43. The lowest BCUT2D eigenvalue weighted by Gasteiger charge is -2.08. The minimum absolute atomic E-state index is 0.00455. The number of hydrogen-bond donors (Lipinski definition) is 4. The molecule has 0 saturated heterocycles. The summed E-state index contributed by atoms with van der Waals surface area (Å²) in [7, 11) is 5.55. The van der Waals surface area contributed by atoms with Crippen LogP contribution in [0.25, 0.3) is 11.0 Å². The van der Waals surface area contributed by atoms with E-state index < -0.39 is 28.5 Å². The van der Waals surface area contributed by atoms with E-state index in [1.807, 2.05) is 0 Å². The minimum Gasteiger partial charge on any atom is -0.506 e. The van der Waals surface area contributed by atoms with Gasteiger partial charge in [0.15, 0.2) is 28.6 Å². The van der Waals surface area contributed by atoms with E-state index in [-0.39, 0.29) is 40.0 Å². The predicted octanol–water partition coefficient (Wildman–Crippen LogP) is 3.37. The van der Waals surface area contributed by atoms with Crippen LogP contribution in [0, 0.1) is 0 Å². The van der Waals surface area contributed by atoms with Crippen LogP contribution >= 0.6 is 31.9 Å². The molecule has 0 aliphatic rings. The Morgan fingerprint density at radius 1 is 1.04 bits per heavy atom. The zero-order valence-corrected chi connectivity index (χ0v) is 16.5. The van der Waals surface area contributed by atoms with Gasteiger partial charge in [0.05, 0.1) is 19.9 Å². The summed E-state index contributed by atoms with van der Waals surface area (Å²) in [5.74, 6) is -2.33. The van der Waals surface area contributed by atoms with Crippen molar-refractivity contribution >= 4 is 61.9 Å². The van der Waals surface area contributed by atoms with Crippen molar-refractivity contribution in [3.63, 3.8) is 0 Å². The van der Waals surface area contributed by atoms with Crippen molar-refractivity contribution in [3.8, 4) is 23.0 Å². The molecule has 0 amide bonds. The third kappa shape index (κ3) is 2.66. The molecule has 3 aromatic rings. The second-order valence-electron chi connectivity index (χ2n) is 5.54. The van der Waals surface area contributed by atoms with Crippen LogP contribution in [0.5, 0.6) is 23.0 Å². The molecule has 132 valence electrons. The lowest BCUT2D eigenvalue weighted by atomic mass is 9.90. The number of hydrogen-bond acceptors (Lipinski definition) is 6. The molecule has 6 nitrogen and oxygen atoms in total. The lowest BCUT2D eigenvalue weighted by molar-refractivity contribution is 0.103. The summed E-state index contributed by atoms with van der Waals surface area (Å²) in [5.41, 5.74) is -0.445. The van der Waals surface area contributed by atoms with Crippen LogP contribution in [-0.4, -0.2) is 34.1 Å². The molecule has 0 fully saturated rings. The molecular formula is C17H11BBr2O6. The third-order valence-electron chi connectivity index (χ3n) is 3.99. The summed E-state index contributed by atoms with van der Waals surface area (Å²) < 4.78 is 6.11. The normalized spacial score (nSPS) is 11.2. The number of phenolic OH excluding ortho intramolecular Hbond substituents is 4. The van der Waals surface area contributed by atoms with E-state index >= 15 is 0 Å². The van der Waals surface area contributed by atoms with Crippen molar-refractivity contribution < 1.29 is 29.6 Å². The molecule has 0 bridgehead atoms. The molecule has 26 heavy (non-hydrogen) atoms. The number of aryl methyl sites for hydroxylation is 1. The predicted molar refractivity (Wildman–Crippen MR) is 103 cm³/mol. The van der Waals surface area contributed by atoms with Gasteiger partial charge in [-0.3, -0.25) is 4.79 Å². The maximum Gasteiger partial charge on any atom is 0.197 e. The largest absolute Gasteiger partial charge is 0.506 e. The Labute approximate surface area is 165 Å². The van der Waals surface area contributed by atoms with Crippen LogP contribution < -0.4 is 5.46 Å². The van der Waals surface area contributed by atoms with Gasteiger partial charge in [0.25, 0.3) is 0 Å². The first kappa shape index (κ1) is 18.7. The van der Waals surface area contributed by atoms with Gasteiger partial charge in [-0.1, -0.05) is 6.92 Å². The number of halogens is 2. The van der Waals surface area contributed by atoms with Crippen molar-refractivity contribution in [2.24, 2.45) is 0 Å². The highest BCUT2D eigenvalue weighted by Gasteiger charge is 2.29. The van der Waals surface area contributed by atoms with Crippen LogP contribution in [0.15, 0.2) is 25.5 Å². The average Bonchev–Trinajstić information content (AvgIpc) is 3.01. The summed E-state index contributed by atoms with van der Waals surface area (Å²) >= 11 is 6.32. The topological polar surface area (TPSA) is 111 Å². The maximum absolute atomic E-state index is 13.1. The number of aromatic hydroxyl groups is 4. The molecule has 1 heterocycles. The summed E-state index contributed by atoms with van der Waals surface area (Å²) in [6.07, 6.45) is 0.287. The van der Waals surface area contributed by atoms with Crippen molar-refractivity contribution in [2.75, 3.05) is 0 Å². The number of ketones is 1. The molecule has 0 atom stereocenters. The second kappa shape index (κ2) is 6.55. The highest BCUT2D eigenvalue weighted by molar-refractivity contribution is 9.11. The Kier molecular flexibility index (Phi) is 4.70. The molecule has 0 spiro atoms. The van der Waals surface area contributed by atoms with Gasteiger partial charge in [-0.25, -0.2) is 0 Å². The fourth-order valence-electron chi connectivity index (χ4n) is 2.68. The second-order valence-corrected chi connectivity index (χ2v) is 7.24. The van der Waals surface area contributed by atoms with E-state index in [9.17, 15) is 25.2 Å². The van der Waals surface area contributed by atoms with Crippen molar-refractivity contribution in [1.29, 1.82) is 0 Å². The Balaban J connectivity index is 2.36. The Morgan fingerprint density at radius 3 is 2.15 bits per heavy atom.